The maximum atomic E-state index is 13.0. The molecule has 0 radical (unpaired) electrons. The fourth-order valence-corrected chi connectivity index (χ4v) is 3.54. The van der Waals surface area contributed by atoms with E-state index in [4.69, 9.17) is 5.73 Å². The van der Waals surface area contributed by atoms with Crippen molar-refractivity contribution in [1.82, 2.24) is 19.8 Å². The summed E-state index contributed by atoms with van der Waals surface area (Å²) in [4.78, 5) is 37.3. The predicted octanol–water partition coefficient (Wildman–Crippen LogP) is 2.09. The lowest BCUT2D eigenvalue weighted by Gasteiger charge is -2.38. The number of aromatic nitrogens is 2. The molecule has 1 aromatic heterocycles. The Morgan fingerprint density at radius 3 is 2.50 bits per heavy atom. The highest BCUT2D eigenvalue weighted by molar-refractivity contribution is 5.96. The lowest BCUT2D eigenvalue weighted by atomic mass is 10.0. The average Bonchev–Trinajstić information content (AvgIpc) is 3.48. The van der Waals surface area contributed by atoms with E-state index in [9.17, 15) is 9.59 Å². The number of likely N-dealkylation sites (tertiary alicyclic amines) is 1. The minimum atomic E-state index is -0.127. The highest BCUT2D eigenvalue weighted by Crippen LogP contribution is 2.32. The number of piperidine rings is 1. The fourth-order valence-electron chi connectivity index (χ4n) is 3.54. The normalized spacial score (nSPS) is 18.0. The molecule has 1 aliphatic heterocycles. The number of anilines is 1. The third kappa shape index (κ3) is 4.51. The van der Waals surface area contributed by atoms with Gasteiger partial charge in [0.1, 0.15) is 0 Å². The van der Waals surface area contributed by atoms with Crippen molar-refractivity contribution in [3.05, 3.63) is 18.1 Å². The van der Waals surface area contributed by atoms with Crippen molar-refractivity contribution >= 4 is 17.6 Å². The number of rotatable bonds is 7. The predicted molar refractivity (Wildman–Crippen MR) is 99.3 cm³/mol. The molecule has 2 fully saturated rings. The van der Waals surface area contributed by atoms with Gasteiger partial charge in [0, 0.05) is 44.5 Å². The van der Waals surface area contributed by atoms with Gasteiger partial charge in [-0.1, -0.05) is 13.3 Å². The molecule has 1 aromatic rings. The topological polar surface area (TPSA) is 92.4 Å². The second-order valence-corrected chi connectivity index (χ2v) is 7.41. The van der Waals surface area contributed by atoms with Crippen molar-refractivity contribution in [1.29, 1.82) is 0 Å². The Hall–Kier alpha value is -2.18. The molecular weight excluding hydrogens is 330 g/mol. The molecule has 7 nitrogen and oxygen atoms in total. The first-order valence-electron chi connectivity index (χ1n) is 9.75. The first-order valence-corrected chi connectivity index (χ1v) is 9.75. The maximum absolute atomic E-state index is 13.0. The van der Waals surface area contributed by atoms with Crippen LogP contribution < -0.4 is 5.73 Å². The maximum Gasteiger partial charge on any atom is 0.276 e. The van der Waals surface area contributed by atoms with Crippen LogP contribution in [0.2, 0.25) is 0 Å². The van der Waals surface area contributed by atoms with E-state index in [2.05, 4.69) is 16.9 Å². The lowest BCUT2D eigenvalue weighted by Crippen LogP contribution is -2.49. The van der Waals surface area contributed by atoms with Crippen LogP contribution >= 0.6 is 0 Å². The zero-order valence-electron chi connectivity index (χ0n) is 15.6. The molecular formula is C19H29N5O2. The number of hydrogen-bond donors (Lipinski definition) is 1. The van der Waals surface area contributed by atoms with E-state index in [1.165, 1.54) is 25.2 Å². The second-order valence-electron chi connectivity index (χ2n) is 7.41. The number of nitrogens with two attached hydrogens (primary N) is 1. The van der Waals surface area contributed by atoms with Crippen molar-refractivity contribution in [3.8, 4) is 0 Å². The fraction of sp³-hybridized carbons (Fsp3) is 0.684. The van der Waals surface area contributed by atoms with Gasteiger partial charge in [-0.15, -0.1) is 0 Å². The smallest absolute Gasteiger partial charge is 0.276 e. The Morgan fingerprint density at radius 1 is 1.19 bits per heavy atom. The Balaban J connectivity index is 1.65. The minimum absolute atomic E-state index is 0.127. The molecule has 0 unspecified atom stereocenters. The number of carbonyl (C=O) groups is 2. The van der Waals surface area contributed by atoms with Crippen LogP contribution in [-0.2, 0) is 4.79 Å². The van der Waals surface area contributed by atoms with Gasteiger partial charge in [-0.3, -0.25) is 9.59 Å². The highest BCUT2D eigenvalue weighted by Gasteiger charge is 2.35. The first kappa shape index (κ1) is 18.6. The molecule has 0 spiro atoms. The Labute approximate surface area is 155 Å². The monoisotopic (exact) mass is 359 g/mol. The van der Waals surface area contributed by atoms with E-state index in [0.717, 1.165) is 45.3 Å². The molecule has 26 heavy (non-hydrogen) atoms. The van der Waals surface area contributed by atoms with E-state index < -0.39 is 0 Å². The largest absolute Gasteiger partial charge is 0.382 e. The molecule has 2 heterocycles. The number of hydrogen-bond acceptors (Lipinski definition) is 5. The molecule has 1 saturated carbocycles. The van der Waals surface area contributed by atoms with Crippen molar-refractivity contribution in [2.75, 3.05) is 25.4 Å². The van der Waals surface area contributed by atoms with E-state index in [-0.39, 0.29) is 29.4 Å². The summed E-state index contributed by atoms with van der Waals surface area (Å²) in [6.45, 7) is 4.29. The van der Waals surface area contributed by atoms with Gasteiger partial charge in [-0.05, 0) is 38.0 Å². The van der Waals surface area contributed by atoms with Gasteiger partial charge in [-0.2, -0.15) is 0 Å². The molecule has 1 aliphatic carbocycles. The quantitative estimate of drug-likeness (QED) is 0.805. The zero-order chi connectivity index (χ0) is 18.5. The molecule has 2 N–H and O–H groups in total. The van der Waals surface area contributed by atoms with Gasteiger partial charge in [0.05, 0.1) is 0 Å². The molecule has 3 rings (SSSR count). The highest BCUT2D eigenvalue weighted by atomic mass is 16.2. The molecule has 2 amide bonds. The van der Waals surface area contributed by atoms with Gasteiger partial charge >= 0.3 is 0 Å². The molecule has 2 aliphatic rings. The standard InChI is InChI=1S/C19H29N5O2/c1-2-3-4-16(25)23-11-7-15(8-12-23)24(13-14-5-6-14)19(26)17-18(20)22-10-9-21-17/h9-10,14-15H,2-8,11-13H2,1H3,(H2,20,22). The number of carbonyl (C=O) groups excluding carboxylic acids is 2. The van der Waals surface area contributed by atoms with Crippen LogP contribution in [0, 0.1) is 5.92 Å². The lowest BCUT2D eigenvalue weighted by molar-refractivity contribution is -0.132. The van der Waals surface area contributed by atoms with Gasteiger partial charge in [0.25, 0.3) is 5.91 Å². The van der Waals surface area contributed by atoms with Crippen LogP contribution in [0.1, 0.15) is 62.4 Å². The molecule has 0 bridgehead atoms. The van der Waals surface area contributed by atoms with Crippen LogP contribution in [0.4, 0.5) is 5.82 Å². The van der Waals surface area contributed by atoms with Crippen LogP contribution in [0.25, 0.3) is 0 Å². The summed E-state index contributed by atoms with van der Waals surface area (Å²) in [5.74, 6) is 0.883. The van der Waals surface area contributed by atoms with Gasteiger partial charge in [0.2, 0.25) is 5.91 Å². The third-order valence-corrected chi connectivity index (χ3v) is 5.34. The summed E-state index contributed by atoms with van der Waals surface area (Å²) >= 11 is 0. The molecule has 0 aromatic carbocycles. The van der Waals surface area contributed by atoms with Crippen LogP contribution in [0.3, 0.4) is 0 Å². The van der Waals surface area contributed by atoms with Crippen molar-refractivity contribution in [2.24, 2.45) is 5.92 Å². The van der Waals surface area contributed by atoms with Crippen molar-refractivity contribution < 1.29 is 9.59 Å². The van der Waals surface area contributed by atoms with E-state index in [1.54, 1.807) is 0 Å². The number of unbranched alkanes of at least 4 members (excludes halogenated alkanes) is 1. The summed E-state index contributed by atoms with van der Waals surface area (Å²) in [6, 6.07) is 0.139. The SMILES string of the molecule is CCCCC(=O)N1CCC(N(CC2CC2)C(=O)c2nccnc2N)CC1. The molecule has 0 atom stereocenters. The molecule has 1 saturated heterocycles. The summed E-state index contributed by atoms with van der Waals surface area (Å²) < 4.78 is 0. The van der Waals surface area contributed by atoms with E-state index in [1.807, 2.05) is 9.80 Å². The zero-order valence-corrected chi connectivity index (χ0v) is 15.6. The van der Waals surface area contributed by atoms with Crippen LogP contribution in [0.15, 0.2) is 12.4 Å². The molecule has 142 valence electrons. The summed E-state index contributed by atoms with van der Waals surface area (Å²) in [5.41, 5.74) is 6.11. The van der Waals surface area contributed by atoms with E-state index in [0.29, 0.717) is 12.3 Å². The second kappa shape index (κ2) is 8.47. The van der Waals surface area contributed by atoms with Crippen molar-refractivity contribution in [2.45, 2.75) is 57.9 Å². The van der Waals surface area contributed by atoms with Gasteiger partial charge < -0.3 is 15.5 Å². The van der Waals surface area contributed by atoms with E-state index >= 15 is 0 Å². The Kier molecular flexibility index (Phi) is 6.06. The average molecular weight is 359 g/mol. The third-order valence-electron chi connectivity index (χ3n) is 5.34. The van der Waals surface area contributed by atoms with Crippen LogP contribution in [0.5, 0.6) is 0 Å². The summed E-state index contributed by atoms with van der Waals surface area (Å²) in [6.07, 6.45) is 9.59. The van der Waals surface area contributed by atoms with Gasteiger partial charge in [-0.25, -0.2) is 9.97 Å². The van der Waals surface area contributed by atoms with Crippen LogP contribution in [-0.4, -0.2) is 57.3 Å². The number of amides is 2. The minimum Gasteiger partial charge on any atom is -0.382 e. The van der Waals surface area contributed by atoms with Gasteiger partial charge in [0.15, 0.2) is 11.5 Å². The molecule has 7 heteroatoms. The Morgan fingerprint density at radius 2 is 1.88 bits per heavy atom. The summed E-state index contributed by atoms with van der Waals surface area (Å²) in [5, 5.41) is 0. The summed E-state index contributed by atoms with van der Waals surface area (Å²) in [7, 11) is 0. The number of nitrogen functional groups attached to an aromatic ring is 1. The first-order chi connectivity index (χ1) is 12.6. The van der Waals surface area contributed by atoms with Crippen molar-refractivity contribution in [3.63, 3.8) is 0 Å². The Bertz CT molecular complexity index is 639. The number of nitrogens with zero attached hydrogens (tertiary/aromatic N) is 4.